The summed E-state index contributed by atoms with van der Waals surface area (Å²) in [5, 5.41) is 2.80. The van der Waals surface area contributed by atoms with E-state index in [0.717, 1.165) is 5.69 Å². The highest BCUT2D eigenvalue weighted by Crippen LogP contribution is 2.11. The van der Waals surface area contributed by atoms with Gasteiger partial charge >= 0.3 is 0 Å². The van der Waals surface area contributed by atoms with Crippen LogP contribution in [0.15, 0.2) is 83.8 Å². The lowest BCUT2D eigenvalue weighted by Gasteiger charge is -2.09. The van der Waals surface area contributed by atoms with E-state index in [0.29, 0.717) is 11.3 Å². The number of amides is 1. The van der Waals surface area contributed by atoms with Crippen molar-refractivity contribution in [1.29, 1.82) is 0 Å². The predicted octanol–water partition coefficient (Wildman–Crippen LogP) is 3.09. The zero-order valence-electron chi connectivity index (χ0n) is 11.8. The van der Waals surface area contributed by atoms with Gasteiger partial charge < -0.3 is 5.32 Å². The zero-order valence-corrected chi connectivity index (χ0v) is 11.8. The smallest absolute Gasteiger partial charge is 0.255 e. The number of hydrogen-bond acceptors (Lipinski definition) is 2. The topological polar surface area (TPSA) is 51.1 Å². The number of carbonyl (C=O) groups excluding carboxylic acids is 1. The van der Waals surface area contributed by atoms with Crippen molar-refractivity contribution in [3.8, 4) is 5.69 Å². The van der Waals surface area contributed by atoms with Crippen LogP contribution in [-0.4, -0.2) is 10.5 Å². The quantitative estimate of drug-likeness (QED) is 0.806. The number of pyridine rings is 1. The fourth-order valence-electron chi connectivity index (χ4n) is 2.14. The van der Waals surface area contributed by atoms with Gasteiger partial charge in [0, 0.05) is 23.5 Å². The Morgan fingerprint density at radius 1 is 0.818 bits per heavy atom. The minimum Gasteiger partial charge on any atom is -0.321 e. The maximum absolute atomic E-state index is 12.1. The first-order chi connectivity index (χ1) is 10.7. The molecule has 0 saturated heterocycles. The summed E-state index contributed by atoms with van der Waals surface area (Å²) in [5.74, 6) is -0.209. The van der Waals surface area contributed by atoms with Crippen LogP contribution < -0.4 is 10.9 Å². The Morgan fingerprint density at radius 3 is 2.14 bits per heavy atom. The van der Waals surface area contributed by atoms with Crippen molar-refractivity contribution >= 4 is 11.6 Å². The second kappa shape index (κ2) is 6.10. The van der Waals surface area contributed by atoms with E-state index >= 15 is 0 Å². The van der Waals surface area contributed by atoms with Gasteiger partial charge in [-0.1, -0.05) is 36.4 Å². The molecule has 0 aliphatic carbocycles. The summed E-state index contributed by atoms with van der Waals surface area (Å²) in [7, 11) is 0. The van der Waals surface area contributed by atoms with Gasteiger partial charge in [-0.2, -0.15) is 0 Å². The summed E-state index contributed by atoms with van der Waals surface area (Å²) < 4.78 is 1.50. The normalized spacial score (nSPS) is 10.2. The third-order valence-corrected chi connectivity index (χ3v) is 3.24. The molecule has 1 aromatic heterocycles. The van der Waals surface area contributed by atoms with Crippen LogP contribution in [0.4, 0.5) is 5.69 Å². The van der Waals surface area contributed by atoms with Crippen LogP contribution in [0, 0.1) is 0 Å². The van der Waals surface area contributed by atoms with E-state index < -0.39 is 0 Å². The highest BCUT2D eigenvalue weighted by atomic mass is 16.1. The third kappa shape index (κ3) is 2.96. The SMILES string of the molecule is O=C(Nc1ccc(=O)n(-c2ccccc2)c1)c1ccccc1. The highest BCUT2D eigenvalue weighted by Gasteiger charge is 2.07. The maximum atomic E-state index is 12.1. The second-order valence-corrected chi connectivity index (χ2v) is 4.78. The van der Waals surface area contributed by atoms with Crippen molar-refractivity contribution in [3.05, 3.63) is 94.9 Å². The molecule has 0 saturated carbocycles. The molecule has 0 radical (unpaired) electrons. The molecule has 0 atom stereocenters. The van der Waals surface area contributed by atoms with Crippen molar-refractivity contribution < 1.29 is 4.79 Å². The summed E-state index contributed by atoms with van der Waals surface area (Å²) in [6.07, 6.45) is 1.62. The van der Waals surface area contributed by atoms with Gasteiger partial charge in [-0.25, -0.2) is 0 Å². The number of aromatic nitrogens is 1. The predicted molar refractivity (Wildman–Crippen MR) is 86.4 cm³/mol. The summed E-state index contributed by atoms with van der Waals surface area (Å²) in [6, 6.07) is 21.3. The van der Waals surface area contributed by atoms with E-state index in [1.54, 1.807) is 36.5 Å². The summed E-state index contributed by atoms with van der Waals surface area (Å²) in [4.78, 5) is 24.1. The van der Waals surface area contributed by atoms with Crippen molar-refractivity contribution in [2.75, 3.05) is 5.32 Å². The highest BCUT2D eigenvalue weighted by molar-refractivity contribution is 6.04. The van der Waals surface area contributed by atoms with E-state index in [1.165, 1.54) is 10.6 Å². The van der Waals surface area contributed by atoms with Gasteiger partial charge in [0.15, 0.2) is 0 Å². The van der Waals surface area contributed by atoms with E-state index in [9.17, 15) is 9.59 Å². The average Bonchev–Trinajstić information content (AvgIpc) is 2.58. The molecule has 0 aliphatic rings. The number of carbonyl (C=O) groups is 1. The van der Waals surface area contributed by atoms with Crippen LogP contribution in [0.25, 0.3) is 5.69 Å². The Morgan fingerprint density at radius 2 is 1.45 bits per heavy atom. The second-order valence-electron chi connectivity index (χ2n) is 4.78. The molecule has 108 valence electrons. The lowest BCUT2D eigenvalue weighted by atomic mass is 10.2. The Bertz CT molecular complexity index is 840. The first kappa shape index (κ1) is 13.8. The molecule has 1 amide bonds. The largest absolute Gasteiger partial charge is 0.321 e. The minimum atomic E-state index is -0.209. The number of rotatable bonds is 3. The summed E-state index contributed by atoms with van der Waals surface area (Å²) in [6.45, 7) is 0. The Labute approximate surface area is 127 Å². The molecular weight excluding hydrogens is 276 g/mol. The van der Waals surface area contributed by atoms with Crippen molar-refractivity contribution in [1.82, 2.24) is 4.57 Å². The van der Waals surface area contributed by atoms with E-state index in [4.69, 9.17) is 0 Å². The van der Waals surface area contributed by atoms with Crippen molar-refractivity contribution in [3.63, 3.8) is 0 Å². The zero-order chi connectivity index (χ0) is 15.4. The van der Waals surface area contributed by atoms with E-state index in [2.05, 4.69) is 5.32 Å². The van der Waals surface area contributed by atoms with Gasteiger partial charge in [-0.3, -0.25) is 14.2 Å². The van der Waals surface area contributed by atoms with Gasteiger partial charge in [0.1, 0.15) is 0 Å². The first-order valence-corrected chi connectivity index (χ1v) is 6.88. The summed E-state index contributed by atoms with van der Waals surface area (Å²) in [5.41, 5.74) is 1.74. The summed E-state index contributed by atoms with van der Waals surface area (Å²) >= 11 is 0. The van der Waals surface area contributed by atoms with Gasteiger partial charge in [0.2, 0.25) is 0 Å². The fraction of sp³-hybridized carbons (Fsp3) is 0. The van der Waals surface area contributed by atoms with Crippen molar-refractivity contribution in [2.24, 2.45) is 0 Å². The lowest BCUT2D eigenvalue weighted by molar-refractivity contribution is 0.102. The maximum Gasteiger partial charge on any atom is 0.255 e. The van der Waals surface area contributed by atoms with E-state index in [1.807, 2.05) is 36.4 Å². The number of nitrogens with zero attached hydrogens (tertiary/aromatic N) is 1. The molecule has 0 bridgehead atoms. The van der Waals surface area contributed by atoms with E-state index in [-0.39, 0.29) is 11.5 Å². The average molecular weight is 290 g/mol. The van der Waals surface area contributed by atoms with Gasteiger partial charge in [-0.15, -0.1) is 0 Å². The van der Waals surface area contributed by atoms with Crippen LogP contribution >= 0.6 is 0 Å². The standard InChI is InChI=1S/C18H14N2O2/c21-17-12-11-15(13-20(17)16-9-5-2-6-10-16)19-18(22)14-7-3-1-4-8-14/h1-13H,(H,19,22). The Hall–Kier alpha value is -3.14. The van der Waals surface area contributed by atoms with Crippen LogP contribution in [0.5, 0.6) is 0 Å². The number of benzene rings is 2. The van der Waals surface area contributed by atoms with Crippen molar-refractivity contribution in [2.45, 2.75) is 0 Å². The molecule has 1 heterocycles. The van der Waals surface area contributed by atoms with Crippen LogP contribution in [0.3, 0.4) is 0 Å². The minimum absolute atomic E-state index is 0.149. The molecule has 0 spiro atoms. The monoisotopic (exact) mass is 290 g/mol. The molecule has 3 aromatic rings. The van der Waals surface area contributed by atoms with Crippen LogP contribution in [0.1, 0.15) is 10.4 Å². The van der Waals surface area contributed by atoms with Crippen LogP contribution in [0.2, 0.25) is 0 Å². The molecule has 0 unspecified atom stereocenters. The number of nitrogens with one attached hydrogen (secondary N) is 1. The molecule has 4 nitrogen and oxygen atoms in total. The molecule has 2 aromatic carbocycles. The molecule has 3 rings (SSSR count). The molecule has 0 aliphatic heterocycles. The molecule has 1 N–H and O–H groups in total. The molecular formula is C18H14N2O2. The number of para-hydroxylation sites is 1. The fourth-order valence-corrected chi connectivity index (χ4v) is 2.14. The Balaban J connectivity index is 1.90. The number of hydrogen-bond donors (Lipinski definition) is 1. The van der Waals surface area contributed by atoms with Gasteiger partial charge in [0.05, 0.1) is 5.69 Å². The third-order valence-electron chi connectivity index (χ3n) is 3.24. The first-order valence-electron chi connectivity index (χ1n) is 6.88. The Kier molecular flexibility index (Phi) is 3.83. The number of anilines is 1. The molecule has 22 heavy (non-hydrogen) atoms. The molecule has 4 heteroatoms. The van der Waals surface area contributed by atoms with Gasteiger partial charge in [-0.05, 0) is 30.3 Å². The van der Waals surface area contributed by atoms with Gasteiger partial charge in [0.25, 0.3) is 11.5 Å². The molecule has 0 fully saturated rings. The van der Waals surface area contributed by atoms with Crippen LogP contribution in [-0.2, 0) is 0 Å². The lowest BCUT2D eigenvalue weighted by Crippen LogP contribution is -2.19.